The number of piperidine rings is 2. The highest BCUT2D eigenvalue weighted by Crippen LogP contribution is 2.46. The zero-order valence-corrected chi connectivity index (χ0v) is 24.3. The van der Waals surface area contributed by atoms with Crippen molar-refractivity contribution in [3.63, 3.8) is 0 Å². The van der Waals surface area contributed by atoms with Crippen LogP contribution in [0, 0.1) is 5.41 Å². The number of fused-ring (bicyclic) bond motifs is 1. The fourth-order valence-electron chi connectivity index (χ4n) is 7.94. The number of carbonyl (C=O) groups excluding carboxylic acids is 3. The van der Waals surface area contributed by atoms with Crippen molar-refractivity contribution in [2.45, 2.75) is 70.0 Å². The monoisotopic (exact) mass is 571 g/mol. The Labute approximate surface area is 247 Å². The molecule has 0 bridgehead atoms. The number of nitrogen functional groups attached to an aromatic ring is 1. The average molecular weight is 572 g/mol. The summed E-state index contributed by atoms with van der Waals surface area (Å²) in [7, 11) is 0. The van der Waals surface area contributed by atoms with E-state index in [1.807, 2.05) is 24.4 Å². The summed E-state index contributed by atoms with van der Waals surface area (Å²) in [6.45, 7) is 6.68. The Bertz CT molecular complexity index is 1350. The normalized spacial score (nSPS) is 25.2. The van der Waals surface area contributed by atoms with Crippen molar-refractivity contribution in [3.05, 3.63) is 47.8 Å². The standard InChI is InChI=1S/C32H41N7O3/c33-22-1-3-23(4-2-22)37-15-17-38(18-16-37)24-7-9-32(10-8-24)11-13-36(14-12-32)25-19-26-27(34-20-25)21-39(31(26)42)28-5-6-29(40)35-30(28)41/h1-4,19-20,24,28H,5-18,21,33H2,(H,35,40,41). The van der Waals surface area contributed by atoms with Gasteiger partial charge in [0.1, 0.15) is 6.04 Å². The number of rotatable bonds is 4. The van der Waals surface area contributed by atoms with Gasteiger partial charge in [-0.3, -0.25) is 29.6 Å². The predicted octanol–water partition coefficient (Wildman–Crippen LogP) is 2.78. The Hall–Kier alpha value is -3.66. The lowest BCUT2D eigenvalue weighted by molar-refractivity contribution is -0.136. The van der Waals surface area contributed by atoms with Gasteiger partial charge in [0.05, 0.1) is 29.7 Å². The molecule has 2 aromatic rings. The lowest BCUT2D eigenvalue weighted by atomic mass is 9.66. The molecule has 222 valence electrons. The summed E-state index contributed by atoms with van der Waals surface area (Å²) in [5.41, 5.74) is 10.7. The van der Waals surface area contributed by atoms with Crippen LogP contribution in [0.2, 0.25) is 0 Å². The van der Waals surface area contributed by atoms with E-state index in [-0.39, 0.29) is 24.1 Å². The van der Waals surface area contributed by atoms with E-state index in [0.717, 1.165) is 56.3 Å². The third-order valence-electron chi connectivity index (χ3n) is 10.6. The summed E-state index contributed by atoms with van der Waals surface area (Å²) in [4.78, 5) is 51.0. The lowest BCUT2D eigenvalue weighted by Gasteiger charge is -2.49. The second-order valence-corrected chi connectivity index (χ2v) is 12.9. The van der Waals surface area contributed by atoms with Crippen LogP contribution in [0.15, 0.2) is 36.5 Å². The zero-order valence-electron chi connectivity index (χ0n) is 24.3. The van der Waals surface area contributed by atoms with E-state index in [1.165, 1.54) is 44.2 Å². The van der Waals surface area contributed by atoms with Gasteiger partial charge in [-0.15, -0.1) is 0 Å². The maximum atomic E-state index is 13.3. The molecule has 3 N–H and O–H groups in total. The van der Waals surface area contributed by atoms with Crippen molar-refractivity contribution >= 4 is 34.8 Å². The fraction of sp³-hybridized carbons (Fsp3) is 0.562. The van der Waals surface area contributed by atoms with E-state index in [0.29, 0.717) is 30.0 Å². The van der Waals surface area contributed by atoms with Crippen LogP contribution < -0.4 is 20.9 Å². The summed E-state index contributed by atoms with van der Waals surface area (Å²) < 4.78 is 0. The summed E-state index contributed by atoms with van der Waals surface area (Å²) >= 11 is 0. The number of anilines is 3. The predicted molar refractivity (Wildman–Crippen MR) is 161 cm³/mol. The first-order chi connectivity index (χ1) is 20.4. The van der Waals surface area contributed by atoms with Crippen LogP contribution in [0.25, 0.3) is 0 Å². The Morgan fingerprint density at radius 1 is 0.833 bits per heavy atom. The van der Waals surface area contributed by atoms with Gasteiger partial charge in [-0.2, -0.15) is 0 Å². The summed E-state index contributed by atoms with van der Waals surface area (Å²) in [6.07, 6.45) is 10.0. The molecule has 1 saturated carbocycles. The van der Waals surface area contributed by atoms with E-state index in [1.54, 1.807) is 4.90 Å². The van der Waals surface area contributed by atoms with Crippen LogP contribution >= 0.6 is 0 Å². The second kappa shape index (κ2) is 10.9. The molecule has 4 aliphatic heterocycles. The third kappa shape index (κ3) is 5.10. The summed E-state index contributed by atoms with van der Waals surface area (Å²) in [5.74, 6) is -0.815. The molecule has 0 radical (unpaired) electrons. The Morgan fingerprint density at radius 3 is 2.21 bits per heavy atom. The molecule has 7 rings (SSSR count). The highest BCUT2D eigenvalue weighted by molar-refractivity contribution is 6.05. The molecule has 42 heavy (non-hydrogen) atoms. The lowest BCUT2D eigenvalue weighted by Crippen LogP contribution is -2.52. The SMILES string of the molecule is Nc1ccc(N2CCN(C3CCC4(CC3)CCN(c3cnc5c(c3)C(=O)N(C3CCC(=O)NC3=O)C5)CC4)CC2)cc1. The van der Waals surface area contributed by atoms with Crippen molar-refractivity contribution in [3.8, 4) is 0 Å². The number of nitrogens with one attached hydrogen (secondary N) is 1. The number of pyridine rings is 1. The third-order valence-corrected chi connectivity index (χ3v) is 10.6. The fourth-order valence-corrected chi connectivity index (χ4v) is 7.94. The minimum atomic E-state index is -0.606. The maximum absolute atomic E-state index is 13.3. The Balaban J connectivity index is 0.910. The van der Waals surface area contributed by atoms with Crippen molar-refractivity contribution in [2.75, 3.05) is 54.8 Å². The molecular formula is C32H41N7O3. The average Bonchev–Trinajstić information content (AvgIpc) is 3.34. The quantitative estimate of drug-likeness (QED) is 0.425. The summed E-state index contributed by atoms with van der Waals surface area (Å²) in [5, 5.41) is 2.37. The molecule has 1 atom stereocenters. The Morgan fingerprint density at radius 2 is 1.52 bits per heavy atom. The number of piperazine rings is 1. The topological polar surface area (TPSA) is 115 Å². The first-order valence-corrected chi connectivity index (χ1v) is 15.6. The largest absolute Gasteiger partial charge is 0.399 e. The number of aromatic nitrogens is 1. The maximum Gasteiger partial charge on any atom is 0.256 e. The molecule has 3 saturated heterocycles. The minimum Gasteiger partial charge on any atom is -0.399 e. The number of nitrogens with two attached hydrogens (primary N) is 1. The molecule has 3 amide bonds. The molecule has 10 heteroatoms. The first kappa shape index (κ1) is 27.2. The number of nitrogens with zero attached hydrogens (tertiary/aromatic N) is 5. The van der Waals surface area contributed by atoms with Gasteiger partial charge < -0.3 is 20.4 Å². The molecule has 1 aromatic heterocycles. The van der Waals surface area contributed by atoms with Crippen molar-refractivity contribution < 1.29 is 14.4 Å². The number of hydrogen-bond acceptors (Lipinski definition) is 8. The van der Waals surface area contributed by atoms with Crippen molar-refractivity contribution in [1.29, 1.82) is 0 Å². The molecule has 5 heterocycles. The molecule has 1 unspecified atom stereocenters. The van der Waals surface area contributed by atoms with E-state index < -0.39 is 6.04 Å². The van der Waals surface area contributed by atoms with Crippen molar-refractivity contribution in [2.24, 2.45) is 5.41 Å². The highest BCUT2D eigenvalue weighted by atomic mass is 16.2. The molecule has 4 fully saturated rings. The van der Waals surface area contributed by atoms with Crippen LogP contribution in [0.4, 0.5) is 17.1 Å². The van der Waals surface area contributed by atoms with Gasteiger partial charge in [-0.1, -0.05) is 0 Å². The molecule has 1 aliphatic carbocycles. The van der Waals surface area contributed by atoms with Crippen LogP contribution in [-0.4, -0.2) is 83.9 Å². The highest BCUT2D eigenvalue weighted by Gasteiger charge is 2.42. The van der Waals surface area contributed by atoms with Gasteiger partial charge in [0, 0.05) is 63.1 Å². The number of imide groups is 1. The van der Waals surface area contributed by atoms with Crippen molar-refractivity contribution in [1.82, 2.24) is 20.1 Å². The van der Waals surface area contributed by atoms with E-state index in [2.05, 4.69) is 37.1 Å². The van der Waals surface area contributed by atoms with Crippen LogP contribution in [0.3, 0.4) is 0 Å². The number of hydrogen-bond donors (Lipinski definition) is 2. The number of amides is 3. The summed E-state index contributed by atoms with van der Waals surface area (Å²) in [6, 6.07) is 10.3. The van der Waals surface area contributed by atoms with Gasteiger partial charge in [-0.05, 0) is 80.7 Å². The van der Waals surface area contributed by atoms with Gasteiger partial charge in [-0.25, -0.2) is 0 Å². The smallest absolute Gasteiger partial charge is 0.256 e. The Kier molecular flexibility index (Phi) is 7.04. The van der Waals surface area contributed by atoms with Gasteiger partial charge >= 0.3 is 0 Å². The van der Waals surface area contributed by atoms with E-state index in [4.69, 9.17) is 5.73 Å². The second-order valence-electron chi connectivity index (χ2n) is 12.9. The van der Waals surface area contributed by atoms with Crippen LogP contribution in [-0.2, 0) is 16.1 Å². The molecule has 1 aromatic carbocycles. The van der Waals surface area contributed by atoms with Gasteiger partial charge in [0.25, 0.3) is 5.91 Å². The number of carbonyl (C=O) groups is 3. The molecular weight excluding hydrogens is 530 g/mol. The molecule has 10 nitrogen and oxygen atoms in total. The van der Waals surface area contributed by atoms with E-state index in [9.17, 15) is 14.4 Å². The first-order valence-electron chi connectivity index (χ1n) is 15.6. The molecule has 1 spiro atoms. The molecule has 5 aliphatic rings. The van der Waals surface area contributed by atoms with Gasteiger partial charge in [0.15, 0.2) is 0 Å². The van der Waals surface area contributed by atoms with Gasteiger partial charge in [0.2, 0.25) is 11.8 Å². The van der Waals surface area contributed by atoms with Crippen LogP contribution in [0.5, 0.6) is 0 Å². The minimum absolute atomic E-state index is 0.157. The number of benzene rings is 1. The van der Waals surface area contributed by atoms with E-state index >= 15 is 0 Å². The zero-order chi connectivity index (χ0) is 28.8. The van der Waals surface area contributed by atoms with Crippen LogP contribution in [0.1, 0.15) is 67.4 Å².